The number of hydrogen-bond donors (Lipinski definition) is 1. The molecule has 0 atom stereocenters. The molecule has 23 heavy (non-hydrogen) atoms. The Bertz CT molecular complexity index is 742. The third-order valence-electron chi connectivity index (χ3n) is 2.75. The van der Waals surface area contributed by atoms with E-state index in [-0.39, 0.29) is 13.2 Å². The van der Waals surface area contributed by atoms with E-state index >= 15 is 0 Å². The van der Waals surface area contributed by atoms with Gasteiger partial charge in [0.25, 0.3) is 0 Å². The smallest absolute Gasteiger partial charge is 0.338 e. The second-order valence-electron chi connectivity index (χ2n) is 4.75. The molecule has 7 heteroatoms. The molecule has 0 saturated carbocycles. The van der Waals surface area contributed by atoms with Gasteiger partial charge in [-0.2, -0.15) is 0 Å². The molecule has 0 aliphatic rings. The van der Waals surface area contributed by atoms with Crippen molar-refractivity contribution in [2.75, 3.05) is 24.2 Å². The summed E-state index contributed by atoms with van der Waals surface area (Å²) in [5, 5.41) is 0. The van der Waals surface area contributed by atoms with Crippen LogP contribution in [0.3, 0.4) is 0 Å². The molecule has 0 aliphatic carbocycles. The van der Waals surface area contributed by atoms with Crippen molar-refractivity contribution in [3.63, 3.8) is 0 Å². The van der Waals surface area contributed by atoms with Crippen LogP contribution >= 0.6 is 0 Å². The molecule has 0 spiro atoms. The maximum atomic E-state index is 11.8. The molecule has 2 aromatic carbocycles. The van der Waals surface area contributed by atoms with E-state index < -0.39 is 16.0 Å². The molecule has 0 aromatic heterocycles. The van der Waals surface area contributed by atoms with Gasteiger partial charge in [0.05, 0.1) is 11.8 Å². The van der Waals surface area contributed by atoms with Gasteiger partial charge in [0.2, 0.25) is 10.0 Å². The number of carbonyl (C=O) groups excluding carboxylic acids is 1. The van der Waals surface area contributed by atoms with Gasteiger partial charge in [-0.1, -0.05) is 18.2 Å². The van der Waals surface area contributed by atoms with E-state index in [0.717, 1.165) is 6.26 Å². The lowest BCUT2D eigenvalue weighted by molar-refractivity contribution is 0.0450. The van der Waals surface area contributed by atoms with Crippen molar-refractivity contribution in [1.82, 2.24) is 0 Å². The van der Waals surface area contributed by atoms with E-state index in [0.29, 0.717) is 17.0 Å². The van der Waals surface area contributed by atoms with E-state index in [2.05, 4.69) is 4.72 Å². The number of anilines is 1. The van der Waals surface area contributed by atoms with Gasteiger partial charge in [-0.3, -0.25) is 4.72 Å². The largest absolute Gasteiger partial charge is 0.490 e. The number of esters is 1. The Balaban J connectivity index is 1.79. The maximum Gasteiger partial charge on any atom is 0.338 e. The van der Waals surface area contributed by atoms with Crippen LogP contribution in [-0.2, 0) is 14.8 Å². The van der Waals surface area contributed by atoms with Gasteiger partial charge in [0, 0.05) is 5.69 Å². The second-order valence-corrected chi connectivity index (χ2v) is 6.50. The molecule has 0 unspecified atom stereocenters. The van der Waals surface area contributed by atoms with E-state index in [9.17, 15) is 13.2 Å². The Morgan fingerprint density at radius 2 is 1.65 bits per heavy atom. The molecule has 0 saturated heterocycles. The van der Waals surface area contributed by atoms with Crippen molar-refractivity contribution in [2.45, 2.75) is 0 Å². The van der Waals surface area contributed by atoms with Gasteiger partial charge in [-0.25, -0.2) is 13.2 Å². The fraction of sp³-hybridized carbons (Fsp3) is 0.188. The molecule has 122 valence electrons. The number of rotatable bonds is 7. The summed E-state index contributed by atoms with van der Waals surface area (Å²) in [6, 6.07) is 15.2. The normalized spacial score (nSPS) is 10.8. The number of para-hydroxylation sites is 1. The predicted octanol–water partition coefficient (Wildman–Crippen LogP) is 2.29. The molecule has 0 radical (unpaired) electrons. The van der Waals surface area contributed by atoms with Crippen LogP contribution < -0.4 is 9.46 Å². The fourth-order valence-corrected chi connectivity index (χ4v) is 2.35. The highest BCUT2D eigenvalue weighted by Crippen LogP contribution is 2.12. The SMILES string of the molecule is CS(=O)(=O)Nc1ccc(C(=O)OCCOc2ccccc2)cc1. The second kappa shape index (κ2) is 7.64. The Hall–Kier alpha value is -2.54. The molecular formula is C16H17NO5S. The molecule has 0 bridgehead atoms. The Kier molecular flexibility index (Phi) is 5.59. The Morgan fingerprint density at radius 1 is 1.00 bits per heavy atom. The fourth-order valence-electron chi connectivity index (χ4n) is 1.78. The highest BCUT2D eigenvalue weighted by atomic mass is 32.2. The van der Waals surface area contributed by atoms with Crippen molar-refractivity contribution in [3.05, 3.63) is 60.2 Å². The number of carbonyl (C=O) groups is 1. The van der Waals surface area contributed by atoms with Crippen LogP contribution in [0.25, 0.3) is 0 Å². The monoisotopic (exact) mass is 335 g/mol. The molecule has 6 nitrogen and oxygen atoms in total. The summed E-state index contributed by atoms with van der Waals surface area (Å²) in [7, 11) is -3.34. The van der Waals surface area contributed by atoms with E-state index in [1.54, 1.807) is 0 Å². The van der Waals surface area contributed by atoms with E-state index in [1.165, 1.54) is 24.3 Å². The van der Waals surface area contributed by atoms with Crippen molar-refractivity contribution in [1.29, 1.82) is 0 Å². The first kappa shape index (κ1) is 16.8. The number of ether oxygens (including phenoxy) is 2. The van der Waals surface area contributed by atoms with Crippen molar-refractivity contribution in [2.24, 2.45) is 0 Å². The molecule has 0 heterocycles. The zero-order valence-corrected chi connectivity index (χ0v) is 13.4. The summed E-state index contributed by atoms with van der Waals surface area (Å²) in [4.78, 5) is 11.8. The topological polar surface area (TPSA) is 81.7 Å². The van der Waals surface area contributed by atoms with Gasteiger partial charge in [0.15, 0.2) is 0 Å². The summed E-state index contributed by atoms with van der Waals surface area (Å²) in [6.45, 7) is 0.376. The number of nitrogens with one attached hydrogen (secondary N) is 1. The lowest BCUT2D eigenvalue weighted by atomic mass is 10.2. The third-order valence-corrected chi connectivity index (χ3v) is 3.36. The van der Waals surface area contributed by atoms with Gasteiger partial charge in [-0.05, 0) is 36.4 Å². The minimum Gasteiger partial charge on any atom is -0.490 e. The maximum absolute atomic E-state index is 11.8. The van der Waals surface area contributed by atoms with Gasteiger partial charge >= 0.3 is 5.97 Å². The van der Waals surface area contributed by atoms with Gasteiger partial charge < -0.3 is 9.47 Å². The average Bonchev–Trinajstić information content (AvgIpc) is 2.51. The van der Waals surface area contributed by atoms with Crippen LogP contribution in [0.15, 0.2) is 54.6 Å². The van der Waals surface area contributed by atoms with Crippen LogP contribution in [0, 0.1) is 0 Å². The van der Waals surface area contributed by atoms with Crippen LogP contribution in [0.4, 0.5) is 5.69 Å². The average molecular weight is 335 g/mol. The zero-order valence-electron chi connectivity index (χ0n) is 12.6. The molecule has 1 N–H and O–H groups in total. The molecular weight excluding hydrogens is 318 g/mol. The quantitative estimate of drug-likeness (QED) is 0.620. The van der Waals surface area contributed by atoms with E-state index in [4.69, 9.17) is 9.47 Å². The molecule has 2 aromatic rings. The highest BCUT2D eigenvalue weighted by molar-refractivity contribution is 7.92. The minimum absolute atomic E-state index is 0.122. The summed E-state index contributed by atoms with van der Waals surface area (Å²) >= 11 is 0. The van der Waals surface area contributed by atoms with Crippen molar-refractivity contribution >= 4 is 21.7 Å². The van der Waals surface area contributed by atoms with Crippen LogP contribution in [0.5, 0.6) is 5.75 Å². The first-order chi connectivity index (χ1) is 10.9. The van der Waals surface area contributed by atoms with Crippen LogP contribution in [-0.4, -0.2) is 33.9 Å². The van der Waals surface area contributed by atoms with Crippen molar-refractivity contribution in [3.8, 4) is 5.75 Å². The third kappa shape index (κ3) is 5.99. The lowest BCUT2D eigenvalue weighted by Gasteiger charge is -2.08. The van der Waals surface area contributed by atoms with E-state index in [1.807, 2.05) is 30.3 Å². The lowest BCUT2D eigenvalue weighted by Crippen LogP contribution is -2.13. The van der Waals surface area contributed by atoms with Crippen molar-refractivity contribution < 1.29 is 22.7 Å². The zero-order chi connectivity index (χ0) is 16.7. The first-order valence-corrected chi connectivity index (χ1v) is 8.76. The molecule has 0 amide bonds. The summed E-state index contributed by atoms with van der Waals surface area (Å²) in [5.74, 6) is 0.215. The standard InChI is InChI=1S/C16H17NO5S/c1-23(19,20)17-14-9-7-13(8-10-14)16(18)22-12-11-21-15-5-3-2-4-6-15/h2-10,17H,11-12H2,1H3. The first-order valence-electron chi connectivity index (χ1n) is 6.87. The van der Waals surface area contributed by atoms with Gasteiger partial charge in [-0.15, -0.1) is 0 Å². The number of benzene rings is 2. The minimum atomic E-state index is -3.34. The predicted molar refractivity (Wildman–Crippen MR) is 87.1 cm³/mol. The van der Waals surface area contributed by atoms with Crippen LogP contribution in [0.2, 0.25) is 0 Å². The van der Waals surface area contributed by atoms with Crippen LogP contribution in [0.1, 0.15) is 10.4 Å². The molecule has 0 aliphatic heterocycles. The Labute approximate surface area is 135 Å². The number of hydrogen-bond acceptors (Lipinski definition) is 5. The Morgan fingerprint density at radius 3 is 2.26 bits per heavy atom. The molecule has 0 fully saturated rings. The van der Waals surface area contributed by atoms with Gasteiger partial charge in [0.1, 0.15) is 19.0 Å². The number of sulfonamides is 1. The summed E-state index contributed by atoms with van der Waals surface area (Å²) < 4.78 is 35.0. The summed E-state index contributed by atoms with van der Waals surface area (Å²) in [6.07, 6.45) is 1.06. The highest BCUT2D eigenvalue weighted by Gasteiger charge is 2.08. The molecule has 2 rings (SSSR count). The summed E-state index contributed by atoms with van der Waals surface area (Å²) in [5.41, 5.74) is 0.722.